The lowest BCUT2D eigenvalue weighted by Crippen LogP contribution is -2.01. The third kappa shape index (κ3) is 1.35. The van der Waals surface area contributed by atoms with E-state index in [1.807, 2.05) is 19.9 Å². The molecular weight excluding hydrogens is 178 g/mol. The number of hydrogen-bond acceptors (Lipinski definition) is 4. The average Bonchev–Trinajstić information content (AvgIpc) is 2.63. The topological polar surface area (TPSA) is 64.9 Å². The minimum atomic E-state index is 0.522. The lowest BCUT2D eigenvalue weighted by atomic mass is 10.1. The molecule has 0 saturated heterocycles. The van der Waals surface area contributed by atoms with Gasteiger partial charge < -0.3 is 10.2 Å². The Morgan fingerprint density at radius 3 is 2.71 bits per heavy atom. The van der Waals surface area contributed by atoms with Gasteiger partial charge in [0, 0.05) is 11.1 Å². The molecule has 0 radical (unpaired) electrons. The van der Waals surface area contributed by atoms with E-state index in [-0.39, 0.29) is 0 Å². The lowest BCUT2D eigenvalue weighted by Gasteiger charge is -2.05. The zero-order chi connectivity index (χ0) is 10.1. The van der Waals surface area contributed by atoms with E-state index >= 15 is 0 Å². The molecule has 0 bridgehead atoms. The van der Waals surface area contributed by atoms with Crippen molar-refractivity contribution in [2.45, 2.75) is 13.8 Å². The minimum absolute atomic E-state index is 0.522. The Morgan fingerprint density at radius 2 is 2.07 bits per heavy atom. The van der Waals surface area contributed by atoms with E-state index in [0.29, 0.717) is 11.6 Å². The monoisotopic (exact) mass is 189 g/mol. The Bertz CT molecular complexity index is 449. The first-order chi connectivity index (χ1) is 6.68. The standard InChI is InChI=1S/C10H11N3O/c1-6-9(8-3-4-14-5-8)12-7(2)13-10(6)11/h3-5H,1-2H3,(H2,11,12,13). The maximum absolute atomic E-state index is 5.75. The van der Waals surface area contributed by atoms with Crippen molar-refractivity contribution in [1.29, 1.82) is 0 Å². The predicted molar refractivity (Wildman–Crippen MR) is 53.6 cm³/mol. The van der Waals surface area contributed by atoms with Crippen LogP contribution in [-0.2, 0) is 0 Å². The summed E-state index contributed by atoms with van der Waals surface area (Å²) in [5.41, 5.74) is 8.40. The Labute approximate surface area is 81.8 Å². The summed E-state index contributed by atoms with van der Waals surface area (Å²) in [6.07, 6.45) is 3.26. The van der Waals surface area contributed by atoms with Gasteiger partial charge in [-0.3, -0.25) is 0 Å². The fourth-order valence-electron chi connectivity index (χ4n) is 1.33. The molecule has 72 valence electrons. The molecule has 0 aliphatic rings. The van der Waals surface area contributed by atoms with E-state index in [1.165, 1.54) is 0 Å². The van der Waals surface area contributed by atoms with Crippen LogP contribution in [0.4, 0.5) is 5.82 Å². The number of hydrogen-bond donors (Lipinski definition) is 1. The minimum Gasteiger partial charge on any atom is -0.472 e. The molecule has 4 heteroatoms. The van der Waals surface area contributed by atoms with Crippen LogP contribution < -0.4 is 5.73 Å². The third-order valence-corrected chi connectivity index (χ3v) is 2.09. The first-order valence-electron chi connectivity index (χ1n) is 4.32. The number of anilines is 1. The quantitative estimate of drug-likeness (QED) is 0.744. The highest BCUT2D eigenvalue weighted by Gasteiger charge is 2.09. The second-order valence-corrected chi connectivity index (χ2v) is 3.14. The van der Waals surface area contributed by atoms with Crippen LogP contribution in [0, 0.1) is 13.8 Å². The highest BCUT2D eigenvalue weighted by Crippen LogP contribution is 2.24. The molecule has 2 rings (SSSR count). The average molecular weight is 189 g/mol. The normalized spacial score (nSPS) is 10.4. The zero-order valence-corrected chi connectivity index (χ0v) is 8.11. The Morgan fingerprint density at radius 1 is 1.29 bits per heavy atom. The van der Waals surface area contributed by atoms with Crippen molar-refractivity contribution in [3.63, 3.8) is 0 Å². The summed E-state index contributed by atoms with van der Waals surface area (Å²) in [4.78, 5) is 8.40. The third-order valence-electron chi connectivity index (χ3n) is 2.09. The molecule has 0 fully saturated rings. The van der Waals surface area contributed by atoms with Crippen LogP contribution in [-0.4, -0.2) is 9.97 Å². The molecule has 4 nitrogen and oxygen atoms in total. The number of aromatic nitrogens is 2. The molecule has 0 amide bonds. The van der Waals surface area contributed by atoms with Crippen molar-refractivity contribution in [1.82, 2.24) is 9.97 Å². The smallest absolute Gasteiger partial charge is 0.130 e. The summed E-state index contributed by atoms with van der Waals surface area (Å²) >= 11 is 0. The Balaban J connectivity index is 2.64. The van der Waals surface area contributed by atoms with Crippen LogP contribution in [0.5, 0.6) is 0 Å². The van der Waals surface area contributed by atoms with Crippen LogP contribution in [0.3, 0.4) is 0 Å². The van der Waals surface area contributed by atoms with Crippen molar-refractivity contribution in [2.75, 3.05) is 5.73 Å². The molecule has 0 spiro atoms. The van der Waals surface area contributed by atoms with Crippen molar-refractivity contribution >= 4 is 5.82 Å². The van der Waals surface area contributed by atoms with E-state index in [0.717, 1.165) is 16.8 Å². The summed E-state index contributed by atoms with van der Waals surface area (Å²) in [7, 11) is 0. The first kappa shape index (κ1) is 8.74. The second kappa shape index (κ2) is 3.14. The molecule has 2 aromatic rings. The van der Waals surface area contributed by atoms with Crippen LogP contribution in [0.1, 0.15) is 11.4 Å². The number of furan rings is 1. The van der Waals surface area contributed by atoms with Gasteiger partial charge in [-0.1, -0.05) is 0 Å². The molecule has 0 saturated carbocycles. The van der Waals surface area contributed by atoms with Crippen molar-refractivity contribution in [3.8, 4) is 11.3 Å². The molecule has 0 aromatic carbocycles. The number of rotatable bonds is 1. The van der Waals surface area contributed by atoms with Gasteiger partial charge >= 0.3 is 0 Å². The number of nitrogen functional groups attached to an aromatic ring is 1. The molecule has 0 unspecified atom stereocenters. The summed E-state index contributed by atoms with van der Waals surface area (Å²) in [6, 6.07) is 1.86. The van der Waals surface area contributed by atoms with Gasteiger partial charge in [-0.05, 0) is 19.9 Å². The van der Waals surface area contributed by atoms with E-state index in [9.17, 15) is 0 Å². The molecule has 2 heterocycles. The fourth-order valence-corrected chi connectivity index (χ4v) is 1.33. The van der Waals surface area contributed by atoms with Crippen LogP contribution in [0.15, 0.2) is 23.0 Å². The van der Waals surface area contributed by atoms with E-state index < -0.39 is 0 Å². The molecule has 2 aromatic heterocycles. The molecule has 0 aliphatic heterocycles. The Kier molecular flexibility index (Phi) is 1.96. The van der Waals surface area contributed by atoms with Crippen LogP contribution >= 0.6 is 0 Å². The maximum atomic E-state index is 5.75. The Hall–Kier alpha value is -1.84. The number of aryl methyl sites for hydroxylation is 1. The molecule has 14 heavy (non-hydrogen) atoms. The maximum Gasteiger partial charge on any atom is 0.130 e. The van der Waals surface area contributed by atoms with Crippen molar-refractivity contribution in [2.24, 2.45) is 0 Å². The van der Waals surface area contributed by atoms with E-state index in [4.69, 9.17) is 10.2 Å². The first-order valence-corrected chi connectivity index (χ1v) is 4.32. The van der Waals surface area contributed by atoms with Gasteiger partial charge in [-0.15, -0.1) is 0 Å². The SMILES string of the molecule is Cc1nc(N)c(C)c(-c2ccoc2)n1. The molecule has 2 N–H and O–H groups in total. The van der Waals surface area contributed by atoms with Gasteiger partial charge in [-0.25, -0.2) is 9.97 Å². The van der Waals surface area contributed by atoms with Gasteiger partial charge in [0.05, 0.1) is 18.2 Å². The summed E-state index contributed by atoms with van der Waals surface area (Å²) < 4.78 is 5.00. The molecular formula is C10H11N3O. The lowest BCUT2D eigenvalue weighted by molar-refractivity contribution is 0.568. The van der Waals surface area contributed by atoms with Crippen molar-refractivity contribution < 1.29 is 4.42 Å². The van der Waals surface area contributed by atoms with E-state index in [1.54, 1.807) is 12.5 Å². The number of nitrogens with two attached hydrogens (primary N) is 1. The van der Waals surface area contributed by atoms with Crippen molar-refractivity contribution in [3.05, 3.63) is 30.0 Å². The van der Waals surface area contributed by atoms with Gasteiger partial charge in [0.1, 0.15) is 11.6 Å². The van der Waals surface area contributed by atoms with Gasteiger partial charge in [0.2, 0.25) is 0 Å². The predicted octanol–water partition coefficient (Wildman–Crippen LogP) is 1.94. The zero-order valence-electron chi connectivity index (χ0n) is 8.11. The fraction of sp³-hybridized carbons (Fsp3) is 0.200. The van der Waals surface area contributed by atoms with Gasteiger partial charge in [-0.2, -0.15) is 0 Å². The summed E-state index contributed by atoms with van der Waals surface area (Å²) in [5.74, 6) is 1.19. The van der Waals surface area contributed by atoms with E-state index in [2.05, 4.69) is 9.97 Å². The summed E-state index contributed by atoms with van der Waals surface area (Å²) in [5, 5.41) is 0. The highest BCUT2D eigenvalue weighted by atomic mass is 16.3. The molecule has 0 atom stereocenters. The van der Waals surface area contributed by atoms with Gasteiger partial charge in [0.25, 0.3) is 0 Å². The largest absolute Gasteiger partial charge is 0.472 e. The van der Waals surface area contributed by atoms with Crippen LogP contribution in [0.25, 0.3) is 11.3 Å². The number of nitrogens with zero attached hydrogens (tertiary/aromatic N) is 2. The second-order valence-electron chi connectivity index (χ2n) is 3.14. The van der Waals surface area contributed by atoms with Gasteiger partial charge in [0.15, 0.2) is 0 Å². The van der Waals surface area contributed by atoms with Crippen LogP contribution in [0.2, 0.25) is 0 Å². The highest BCUT2D eigenvalue weighted by molar-refractivity contribution is 5.66. The summed E-state index contributed by atoms with van der Waals surface area (Å²) in [6.45, 7) is 3.72. The molecule has 0 aliphatic carbocycles.